The zero-order valence-electron chi connectivity index (χ0n) is 19.4. The van der Waals surface area contributed by atoms with Crippen LogP contribution in [-0.2, 0) is 17.9 Å². The van der Waals surface area contributed by atoms with Crippen molar-refractivity contribution in [2.24, 2.45) is 0 Å². The summed E-state index contributed by atoms with van der Waals surface area (Å²) in [6.45, 7) is 5.04. The summed E-state index contributed by atoms with van der Waals surface area (Å²) in [5.74, 6) is 0.560. The van der Waals surface area contributed by atoms with Crippen molar-refractivity contribution in [3.8, 4) is 22.5 Å². The standard InChI is InChI=1S/C26H24N6O2S/c1-3-31-16-28-30-24(31)19-5-4-6-20(13-19)29-22(33)11-12-32-15-27-25-23(26(32)34)21(14-35-25)18-9-7-17(2)8-10-18/h4-10,13-16H,3,11-12H2,1-2H3,(H,29,33). The second-order valence-corrected chi connectivity index (χ2v) is 9.12. The molecule has 1 amide bonds. The third-order valence-electron chi connectivity index (χ3n) is 5.86. The quantitative estimate of drug-likeness (QED) is 0.360. The van der Waals surface area contributed by atoms with E-state index in [1.807, 2.05) is 72.3 Å². The molecular weight excluding hydrogens is 460 g/mol. The number of fused-ring (bicyclic) bond motifs is 1. The molecule has 9 heteroatoms. The largest absolute Gasteiger partial charge is 0.326 e. The van der Waals surface area contributed by atoms with E-state index < -0.39 is 0 Å². The monoisotopic (exact) mass is 484 g/mol. The lowest BCUT2D eigenvalue weighted by Crippen LogP contribution is -2.23. The van der Waals surface area contributed by atoms with Crippen molar-refractivity contribution in [1.82, 2.24) is 24.3 Å². The highest BCUT2D eigenvalue weighted by molar-refractivity contribution is 7.17. The maximum atomic E-state index is 13.2. The Hall–Kier alpha value is -4.11. The van der Waals surface area contributed by atoms with Crippen LogP contribution in [0.15, 0.2) is 71.4 Å². The van der Waals surface area contributed by atoms with Crippen LogP contribution >= 0.6 is 11.3 Å². The SMILES string of the molecule is CCn1cnnc1-c1cccc(NC(=O)CCn2cnc3scc(-c4ccc(C)cc4)c3c2=O)c1. The highest BCUT2D eigenvalue weighted by Gasteiger charge is 2.14. The van der Waals surface area contributed by atoms with E-state index in [0.29, 0.717) is 15.9 Å². The minimum Gasteiger partial charge on any atom is -0.326 e. The van der Waals surface area contributed by atoms with Crippen molar-refractivity contribution in [2.75, 3.05) is 5.32 Å². The van der Waals surface area contributed by atoms with Crippen LogP contribution in [0, 0.1) is 6.92 Å². The van der Waals surface area contributed by atoms with Crippen molar-refractivity contribution in [3.05, 3.63) is 82.5 Å². The van der Waals surface area contributed by atoms with Gasteiger partial charge in [0, 0.05) is 41.7 Å². The van der Waals surface area contributed by atoms with Crippen LogP contribution in [0.3, 0.4) is 0 Å². The first-order chi connectivity index (χ1) is 17.0. The predicted octanol–water partition coefficient (Wildman–Crippen LogP) is 4.74. The maximum absolute atomic E-state index is 13.2. The van der Waals surface area contributed by atoms with Gasteiger partial charge in [0.05, 0.1) is 11.7 Å². The fourth-order valence-electron chi connectivity index (χ4n) is 3.96. The van der Waals surface area contributed by atoms with Gasteiger partial charge in [-0.15, -0.1) is 21.5 Å². The van der Waals surface area contributed by atoms with Gasteiger partial charge in [0.2, 0.25) is 5.91 Å². The summed E-state index contributed by atoms with van der Waals surface area (Å²) in [5.41, 5.74) is 4.41. The number of hydrogen-bond donors (Lipinski definition) is 1. The lowest BCUT2D eigenvalue weighted by atomic mass is 10.1. The van der Waals surface area contributed by atoms with Crippen LogP contribution in [0.25, 0.3) is 32.7 Å². The van der Waals surface area contributed by atoms with E-state index in [-0.39, 0.29) is 24.4 Å². The second kappa shape index (κ2) is 9.63. The molecule has 5 aromatic rings. The van der Waals surface area contributed by atoms with Crippen LogP contribution in [0.4, 0.5) is 5.69 Å². The molecule has 0 atom stereocenters. The number of amides is 1. The number of anilines is 1. The molecule has 3 heterocycles. The molecule has 1 N–H and O–H groups in total. The summed E-state index contributed by atoms with van der Waals surface area (Å²) < 4.78 is 3.44. The Morgan fingerprint density at radius 3 is 2.69 bits per heavy atom. The average molecular weight is 485 g/mol. The van der Waals surface area contributed by atoms with Crippen LogP contribution in [0.5, 0.6) is 0 Å². The second-order valence-electron chi connectivity index (χ2n) is 8.26. The van der Waals surface area contributed by atoms with Gasteiger partial charge in [-0.05, 0) is 31.5 Å². The predicted molar refractivity (Wildman–Crippen MR) is 138 cm³/mol. The number of rotatable bonds is 7. The van der Waals surface area contributed by atoms with Crippen molar-refractivity contribution < 1.29 is 4.79 Å². The fourth-order valence-corrected chi connectivity index (χ4v) is 4.87. The molecule has 0 saturated carbocycles. The minimum atomic E-state index is -0.185. The highest BCUT2D eigenvalue weighted by Crippen LogP contribution is 2.30. The van der Waals surface area contributed by atoms with Gasteiger partial charge in [0.1, 0.15) is 11.2 Å². The molecule has 3 aromatic heterocycles. The maximum Gasteiger partial charge on any atom is 0.262 e. The molecule has 0 aliphatic heterocycles. The fraction of sp³-hybridized carbons (Fsp3) is 0.192. The number of carbonyl (C=O) groups excluding carboxylic acids is 1. The molecule has 0 radical (unpaired) electrons. The summed E-state index contributed by atoms with van der Waals surface area (Å²) in [4.78, 5) is 31.1. The van der Waals surface area contributed by atoms with Gasteiger partial charge in [0.25, 0.3) is 5.56 Å². The molecule has 0 spiro atoms. The lowest BCUT2D eigenvalue weighted by Gasteiger charge is -2.09. The van der Waals surface area contributed by atoms with Crippen molar-refractivity contribution in [1.29, 1.82) is 0 Å². The molecule has 0 unspecified atom stereocenters. The molecular formula is C26H24N6O2S. The molecule has 0 bridgehead atoms. The Kier molecular flexibility index (Phi) is 6.24. The van der Waals surface area contributed by atoms with Crippen molar-refractivity contribution in [2.45, 2.75) is 33.4 Å². The average Bonchev–Trinajstić information content (AvgIpc) is 3.52. The number of aromatic nitrogens is 5. The Bertz CT molecular complexity index is 1570. The van der Waals surface area contributed by atoms with E-state index in [4.69, 9.17) is 0 Å². The van der Waals surface area contributed by atoms with Gasteiger partial charge in [-0.1, -0.05) is 42.0 Å². The molecule has 176 valence electrons. The van der Waals surface area contributed by atoms with E-state index in [1.165, 1.54) is 22.2 Å². The van der Waals surface area contributed by atoms with Gasteiger partial charge >= 0.3 is 0 Å². The molecule has 8 nitrogen and oxygen atoms in total. The third kappa shape index (κ3) is 4.63. The minimum absolute atomic E-state index is 0.138. The number of benzene rings is 2. The molecule has 2 aromatic carbocycles. The smallest absolute Gasteiger partial charge is 0.262 e. The van der Waals surface area contributed by atoms with Crippen LogP contribution in [0.1, 0.15) is 18.9 Å². The van der Waals surface area contributed by atoms with Gasteiger partial charge in [-0.25, -0.2) is 4.98 Å². The van der Waals surface area contributed by atoms with Gasteiger partial charge in [0.15, 0.2) is 5.82 Å². The molecule has 0 fully saturated rings. The first-order valence-corrected chi connectivity index (χ1v) is 12.2. The van der Waals surface area contributed by atoms with Crippen LogP contribution in [-0.4, -0.2) is 30.2 Å². The number of aryl methyl sites for hydroxylation is 3. The number of hydrogen-bond acceptors (Lipinski definition) is 6. The molecule has 0 aliphatic rings. The Balaban J connectivity index is 1.32. The van der Waals surface area contributed by atoms with E-state index in [2.05, 4.69) is 20.5 Å². The van der Waals surface area contributed by atoms with E-state index in [0.717, 1.165) is 34.6 Å². The Labute approximate surface area is 205 Å². The number of nitrogens with one attached hydrogen (secondary N) is 1. The first kappa shape index (κ1) is 22.7. The molecule has 0 saturated heterocycles. The normalized spacial score (nSPS) is 11.1. The van der Waals surface area contributed by atoms with E-state index >= 15 is 0 Å². The molecule has 5 rings (SSSR count). The van der Waals surface area contributed by atoms with Gasteiger partial charge in [-0.3, -0.25) is 14.2 Å². The topological polar surface area (TPSA) is 94.7 Å². The van der Waals surface area contributed by atoms with Crippen LogP contribution in [0.2, 0.25) is 0 Å². The highest BCUT2D eigenvalue weighted by atomic mass is 32.1. The molecule has 0 aliphatic carbocycles. The number of nitrogens with zero attached hydrogens (tertiary/aromatic N) is 5. The summed E-state index contributed by atoms with van der Waals surface area (Å²) >= 11 is 1.45. The zero-order valence-corrected chi connectivity index (χ0v) is 20.2. The first-order valence-electron chi connectivity index (χ1n) is 11.3. The summed E-state index contributed by atoms with van der Waals surface area (Å²) in [6, 6.07) is 15.6. The third-order valence-corrected chi connectivity index (χ3v) is 6.75. The van der Waals surface area contributed by atoms with E-state index in [1.54, 1.807) is 6.33 Å². The van der Waals surface area contributed by atoms with E-state index in [9.17, 15) is 9.59 Å². The summed E-state index contributed by atoms with van der Waals surface area (Å²) in [6.07, 6.45) is 3.35. The Morgan fingerprint density at radius 2 is 1.89 bits per heavy atom. The number of thiophene rings is 1. The number of carbonyl (C=O) groups is 1. The van der Waals surface area contributed by atoms with Gasteiger partial charge < -0.3 is 9.88 Å². The van der Waals surface area contributed by atoms with Crippen molar-refractivity contribution in [3.63, 3.8) is 0 Å². The van der Waals surface area contributed by atoms with Gasteiger partial charge in [-0.2, -0.15) is 0 Å². The van der Waals surface area contributed by atoms with Crippen molar-refractivity contribution >= 4 is 33.1 Å². The zero-order chi connectivity index (χ0) is 24.4. The molecule has 35 heavy (non-hydrogen) atoms. The summed E-state index contributed by atoms with van der Waals surface area (Å²) in [5, 5.41) is 13.6. The Morgan fingerprint density at radius 1 is 1.06 bits per heavy atom. The lowest BCUT2D eigenvalue weighted by molar-refractivity contribution is -0.116. The van der Waals surface area contributed by atoms with Crippen LogP contribution < -0.4 is 10.9 Å². The summed E-state index contributed by atoms with van der Waals surface area (Å²) in [7, 11) is 0.